The highest BCUT2D eigenvalue weighted by Crippen LogP contribution is 2.37. The number of benzene rings is 2. The van der Waals surface area contributed by atoms with Gasteiger partial charge in [-0.3, -0.25) is 4.79 Å². The summed E-state index contributed by atoms with van der Waals surface area (Å²) in [6.07, 6.45) is 2.03. The van der Waals surface area contributed by atoms with Gasteiger partial charge in [-0.15, -0.1) is 11.8 Å². The molecule has 1 aliphatic heterocycles. The molecule has 0 spiro atoms. The Morgan fingerprint density at radius 2 is 1.92 bits per heavy atom. The maximum absolute atomic E-state index is 13.0. The van der Waals surface area contributed by atoms with E-state index in [-0.39, 0.29) is 10.8 Å². The molecule has 0 aromatic heterocycles. The molecule has 3 rings (SSSR count). The van der Waals surface area contributed by atoms with Gasteiger partial charge in [0.15, 0.2) is 9.84 Å². The zero-order chi connectivity index (χ0) is 17.3. The Labute approximate surface area is 146 Å². The molecular weight excluding hydrogens is 342 g/mol. The maximum Gasteiger partial charge on any atom is 0.258 e. The van der Waals surface area contributed by atoms with Gasteiger partial charge < -0.3 is 4.90 Å². The van der Waals surface area contributed by atoms with E-state index in [1.54, 1.807) is 28.8 Å². The Hall–Kier alpha value is -1.79. The molecule has 1 amide bonds. The standard InChI is InChI=1S/C18H19NO3S2/c1-13-10-11-19(16-8-3-4-9-17(16)23-13)18(20)14-6-5-7-15(12-14)24(2,21)22/h3-9,12-13H,10-11H2,1-2H3/t13-/m0/s1. The Kier molecular flexibility index (Phi) is 4.69. The highest BCUT2D eigenvalue weighted by molar-refractivity contribution is 8.00. The summed E-state index contributed by atoms with van der Waals surface area (Å²) >= 11 is 1.77. The smallest absolute Gasteiger partial charge is 0.258 e. The number of sulfone groups is 1. The summed E-state index contributed by atoms with van der Waals surface area (Å²) in [5.74, 6) is -0.164. The fourth-order valence-corrected chi connectivity index (χ4v) is 4.49. The van der Waals surface area contributed by atoms with Gasteiger partial charge in [0.25, 0.3) is 5.91 Å². The highest BCUT2D eigenvalue weighted by Gasteiger charge is 2.25. The van der Waals surface area contributed by atoms with Crippen LogP contribution in [-0.4, -0.2) is 32.4 Å². The second kappa shape index (κ2) is 6.61. The van der Waals surface area contributed by atoms with Crippen LogP contribution in [0, 0.1) is 0 Å². The van der Waals surface area contributed by atoms with Crippen molar-refractivity contribution in [1.29, 1.82) is 0 Å². The number of fused-ring (bicyclic) bond motifs is 1. The Morgan fingerprint density at radius 3 is 2.67 bits per heavy atom. The van der Waals surface area contributed by atoms with E-state index >= 15 is 0 Å². The Morgan fingerprint density at radius 1 is 1.17 bits per heavy atom. The third-order valence-corrected chi connectivity index (χ3v) is 6.35. The number of carbonyl (C=O) groups excluding carboxylic acids is 1. The molecule has 0 saturated heterocycles. The third-order valence-electron chi connectivity index (χ3n) is 4.00. The lowest BCUT2D eigenvalue weighted by molar-refractivity contribution is 0.0986. The van der Waals surface area contributed by atoms with Crippen molar-refractivity contribution >= 4 is 33.2 Å². The zero-order valence-electron chi connectivity index (χ0n) is 13.6. The van der Waals surface area contributed by atoms with Gasteiger partial charge in [0.2, 0.25) is 0 Å². The van der Waals surface area contributed by atoms with Crippen molar-refractivity contribution in [3.63, 3.8) is 0 Å². The van der Waals surface area contributed by atoms with Crippen LogP contribution in [0.4, 0.5) is 5.69 Å². The summed E-state index contributed by atoms with van der Waals surface area (Å²) in [6, 6.07) is 14.1. The van der Waals surface area contributed by atoms with Gasteiger partial charge in [0.1, 0.15) is 0 Å². The molecule has 0 unspecified atom stereocenters. The van der Waals surface area contributed by atoms with Crippen LogP contribution in [0.1, 0.15) is 23.7 Å². The van der Waals surface area contributed by atoms with Crippen LogP contribution < -0.4 is 4.90 Å². The molecule has 0 aliphatic carbocycles. The molecule has 2 aromatic rings. The lowest BCUT2D eigenvalue weighted by Gasteiger charge is -2.22. The summed E-state index contributed by atoms with van der Waals surface area (Å²) in [4.78, 5) is 16.0. The van der Waals surface area contributed by atoms with Crippen LogP contribution in [0.25, 0.3) is 0 Å². The minimum Gasteiger partial charge on any atom is -0.307 e. The average Bonchev–Trinajstić information content (AvgIpc) is 2.72. The van der Waals surface area contributed by atoms with Crippen molar-refractivity contribution in [3.05, 3.63) is 54.1 Å². The molecule has 0 bridgehead atoms. The lowest BCUT2D eigenvalue weighted by Crippen LogP contribution is -2.32. The van der Waals surface area contributed by atoms with Crippen molar-refractivity contribution in [2.24, 2.45) is 0 Å². The van der Waals surface area contributed by atoms with Gasteiger partial charge in [-0.2, -0.15) is 0 Å². The first-order valence-electron chi connectivity index (χ1n) is 7.74. The number of rotatable bonds is 2. The van der Waals surface area contributed by atoms with E-state index in [4.69, 9.17) is 0 Å². The van der Waals surface area contributed by atoms with E-state index in [1.807, 2.05) is 24.3 Å². The normalized spacial score (nSPS) is 17.9. The van der Waals surface area contributed by atoms with E-state index in [0.29, 0.717) is 17.4 Å². The summed E-state index contributed by atoms with van der Waals surface area (Å²) in [7, 11) is -3.34. The minimum absolute atomic E-state index is 0.164. The van der Waals surface area contributed by atoms with E-state index in [1.165, 1.54) is 12.1 Å². The summed E-state index contributed by atoms with van der Waals surface area (Å²) in [6.45, 7) is 2.77. The van der Waals surface area contributed by atoms with Crippen LogP contribution >= 0.6 is 11.8 Å². The van der Waals surface area contributed by atoms with Crippen molar-refractivity contribution in [1.82, 2.24) is 0 Å². The highest BCUT2D eigenvalue weighted by atomic mass is 32.2. The molecule has 24 heavy (non-hydrogen) atoms. The first-order valence-corrected chi connectivity index (χ1v) is 10.5. The molecule has 0 N–H and O–H groups in total. The molecule has 1 atom stereocenters. The fraction of sp³-hybridized carbons (Fsp3) is 0.278. The van der Waals surface area contributed by atoms with Crippen molar-refractivity contribution in [2.45, 2.75) is 28.4 Å². The van der Waals surface area contributed by atoms with E-state index in [2.05, 4.69) is 6.92 Å². The Bertz CT molecular complexity index is 877. The van der Waals surface area contributed by atoms with Gasteiger partial charge in [0, 0.05) is 28.5 Å². The summed E-state index contributed by atoms with van der Waals surface area (Å²) < 4.78 is 23.5. The van der Waals surface area contributed by atoms with Crippen LogP contribution in [0.15, 0.2) is 58.3 Å². The Balaban J connectivity index is 2.01. The largest absolute Gasteiger partial charge is 0.307 e. The fourth-order valence-electron chi connectivity index (χ4n) is 2.71. The number of para-hydroxylation sites is 1. The second-order valence-corrected chi connectivity index (χ2v) is 9.44. The number of thioether (sulfide) groups is 1. The molecule has 0 fully saturated rings. The predicted octanol–water partition coefficient (Wildman–Crippen LogP) is 3.62. The molecule has 0 radical (unpaired) electrons. The number of amides is 1. The molecule has 4 nitrogen and oxygen atoms in total. The number of nitrogens with zero attached hydrogens (tertiary/aromatic N) is 1. The first kappa shape index (κ1) is 17.0. The number of carbonyl (C=O) groups is 1. The molecular formula is C18H19NO3S2. The topological polar surface area (TPSA) is 54.5 Å². The zero-order valence-corrected chi connectivity index (χ0v) is 15.2. The number of hydrogen-bond acceptors (Lipinski definition) is 4. The average molecular weight is 361 g/mol. The molecule has 2 aromatic carbocycles. The first-order chi connectivity index (χ1) is 11.4. The molecule has 1 aliphatic rings. The van der Waals surface area contributed by atoms with Gasteiger partial charge >= 0.3 is 0 Å². The van der Waals surface area contributed by atoms with Crippen molar-refractivity contribution in [3.8, 4) is 0 Å². The number of anilines is 1. The molecule has 126 valence electrons. The summed E-state index contributed by atoms with van der Waals surface area (Å²) in [5.41, 5.74) is 1.29. The molecule has 6 heteroatoms. The summed E-state index contributed by atoms with van der Waals surface area (Å²) in [5, 5.41) is 0.423. The van der Waals surface area contributed by atoms with E-state index in [9.17, 15) is 13.2 Å². The monoisotopic (exact) mass is 361 g/mol. The van der Waals surface area contributed by atoms with E-state index < -0.39 is 9.84 Å². The molecule has 0 saturated carbocycles. The van der Waals surface area contributed by atoms with Gasteiger partial charge in [-0.05, 0) is 36.8 Å². The molecule has 1 heterocycles. The second-order valence-electron chi connectivity index (χ2n) is 5.94. The lowest BCUT2D eigenvalue weighted by atomic mass is 10.1. The van der Waals surface area contributed by atoms with Crippen LogP contribution in [0.5, 0.6) is 0 Å². The van der Waals surface area contributed by atoms with Crippen molar-refractivity contribution < 1.29 is 13.2 Å². The minimum atomic E-state index is -3.34. The maximum atomic E-state index is 13.0. The SMILES string of the molecule is C[C@H]1CCN(C(=O)c2cccc(S(C)(=O)=O)c2)c2ccccc2S1. The third kappa shape index (κ3) is 3.49. The van der Waals surface area contributed by atoms with Gasteiger partial charge in [-0.1, -0.05) is 25.1 Å². The van der Waals surface area contributed by atoms with Crippen molar-refractivity contribution in [2.75, 3.05) is 17.7 Å². The number of hydrogen-bond donors (Lipinski definition) is 0. The van der Waals surface area contributed by atoms with Crippen LogP contribution in [0.2, 0.25) is 0 Å². The van der Waals surface area contributed by atoms with Crippen LogP contribution in [0.3, 0.4) is 0 Å². The van der Waals surface area contributed by atoms with Gasteiger partial charge in [0.05, 0.1) is 10.6 Å². The quantitative estimate of drug-likeness (QED) is 0.820. The van der Waals surface area contributed by atoms with Gasteiger partial charge in [-0.25, -0.2) is 8.42 Å². The van der Waals surface area contributed by atoms with Crippen LogP contribution in [-0.2, 0) is 9.84 Å². The van der Waals surface area contributed by atoms with E-state index in [0.717, 1.165) is 23.3 Å². The predicted molar refractivity (Wildman–Crippen MR) is 97.6 cm³/mol.